The quantitative estimate of drug-likeness (QED) is 0.445. The van der Waals surface area contributed by atoms with Crippen LogP contribution < -0.4 is 20.7 Å². The third-order valence-electron chi connectivity index (χ3n) is 4.20. The van der Waals surface area contributed by atoms with Crippen LogP contribution in [0.25, 0.3) is 0 Å². The molecule has 0 bridgehead atoms. The SMILES string of the molecule is CC(C)(C)OC(=O)NCC(=O)NCc1ccccc1NC(=O)CCCOc1ccccc1Cl. The Kier molecular flexibility index (Phi) is 10.00. The van der Waals surface area contributed by atoms with E-state index in [9.17, 15) is 14.4 Å². The number of nitrogens with one attached hydrogen (secondary N) is 3. The number of carbonyl (C=O) groups is 3. The van der Waals surface area contributed by atoms with Crippen molar-refractivity contribution in [3.05, 3.63) is 59.1 Å². The Bertz CT molecular complexity index is 959. The molecule has 0 aliphatic rings. The number of alkyl carbamates (subject to hydrolysis) is 1. The van der Waals surface area contributed by atoms with E-state index in [1.807, 2.05) is 18.2 Å². The number of hydrogen-bond donors (Lipinski definition) is 3. The Labute approximate surface area is 199 Å². The average molecular weight is 476 g/mol. The lowest BCUT2D eigenvalue weighted by Crippen LogP contribution is -2.39. The summed E-state index contributed by atoms with van der Waals surface area (Å²) < 4.78 is 10.7. The van der Waals surface area contributed by atoms with Gasteiger partial charge < -0.3 is 25.4 Å². The molecule has 178 valence electrons. The van der Waals surface area contributed by atoms with Gasteiger partial charge in [-0.15, -0.1) is 0 Å². The highest BCUT2D eigenvalue weighted by Crippen LogP contribution is 2.23. The van der Waals surface area contributed by atoms with Crippen LogP contribution in [0.5, 0.6) is 5.75 Å². The lowest BCUT2D eigenvalue weighted by molar-refractivity contribution is -0.120. The fourth-order valence-corrected chi connectivity index (χ4v) is 2.90. The summed E-state index contributed by atoms with van der Waals surface area (Å²) in [6.45, 7) is 5.56. The lowest BCUT2D eigenvalue weighted by atomic mass is 10.1. The zero-order chi connectivity index (χ0) is 24.3. The Balaban J connectivity index is 1.75. The maximum atomic E-state index is 12.3. The molecule has 0 aromatic heterocycles. The third kappa shape index (κ3) is 10.3. The van der Waals surface area contributed by atoms with E-state index in [-0.39, 0.29) is 31.3 Å². The van der Waals surface area contributed by atoms with Crippen LogP contribution in [0.15, 0.2) is 48.5 Å². The normalized spacial score (nSPS) is 10.8. The minimum Gasteiger partial charge on any atom is -0.492 e. The van der Waals surface area contributed by atoms with Crippen LogP contribution in [-0.2, 0) is 20.9 Å². The summed E-state index contributed by atoms with van der Waals surface area (Å²) in [4.78, 5) is 36.0. The van der Waals surface area contributed by atoms with Crippen molar-refractivity contribution in [1.29, 1.82) is 0 Å². The van der Waals surface area contributed by atoms with E-state index in [1.165, 1.54) is 0 Å². The highest BCUT2D eigenvalue weighted by Gasteiger charge is 2.16. The molecule has 0 unspecified atom stereocenters. The zero-order valence-electron chi connectivity index (χ0n) is 19.1. The molecule has 0 radical (unpaired) electrons. The monoisotopic (exact) mass is 475 g/mol. The molecule has 0 aliphatic carbocycles. The van der Waals surface area contributed by atoms with Gasteiger partial charge in [-0.3, -0.25) is 9.59 Å². The summed E-state index contributed by atoms with van der Waals surface area (Å²) in [6, 6.07) is 14.3. The van der Waals surface area contributed by atoms with Crippen LogP contribution in [0.4, 0.5) is 10.5 Å². The van der Waals surface area contributed by atoms with E-state index in [1.54, 1.807) is 51.1 Å². The van der Waals surface area contributed by atoms with Gasteiger partial charge in [-0.25, -0.2) is 4.79 Å². The Hall–Kier alpha value is -3.26. The molecule has 0 aliphatic heterocycles. The van der Waals surface area contributed by atoms with Gasteiger partial charge in [0.05, 0.1) is 11.6 Å². The molecule has 8 nitrogen and oxygen atoms in total. The predicted octanol–water partition coefficient (Wildman–Crippen LogP) is 4.28. The van der Waals surface area contributed by atoms with Crippen molar-refractivity contribution in [3.8, 4) is 5.75 Å². The third-order valence-corrected chi connectivity index (χ3v) is 4.51. The second kappa shape index (κ2) is 12.7. The minimum absolute atomic E-state index is 0.164. The number of para-hydroxylation sites is 2. The van der Waals surface area contributed by atoms with Crippen LogP contribution >= 0.6 is 11.6 Å². The number of benzene rings is 2. The molecule has 0 fully saturated rings. The molecule has 2 aromatic rings. The summed E-state index contributed by atoms with van der Waals surface area (Å²) in [5.74, 6) is 0.0451. The molecule has 9 heteroatoms. The van der Waals surface area contributed by atoms with E-state index >= 15 is 0 Å². The molecule has 2 aromatic carbocycles. The van der Waals surface area contributed by atoms with Crippen molar-refractivity contribution in [2.45, 2.75) is 45.8 Å². The van der Waals surface area contributed by atoms with Gasteiger partial charge in [0.2, 0.25) is 11.8 Å². The predicted molar refractivity (Wildman–Crippen MR) is 127 cm³/mol. The smallest absolute Gasteiger partial charge is 0.408 e. The van der Waals surface area contributed by atoms with Gasteiger partial charge in [0, 0.05) is 18.7 Å². The van der Waals surface area contributed by atoms with Gasteiger partial charge in [-0.2, -0.15) is 0 Å². The van der Waals surface area contributed by atoms with Crippen LogP contribution in [-0.4, -0.2) is 36.7 Å². The second-order valence-corrected chi connectivity index (χ2v) is 8.63. The van der Waals surface area contributed by atoms with Crippen molar-refractivity contribution < 1.29 is 23.9 Å². The van der Waals surface area contributed by atoms with Crippen molar-refractivity contribution in [1.82, 2.24) is 10.6 Å². The number of ether oxygens (including phenoxy) is 2. The molecule has 2 rings (SSSR count). The Morgan fingerprint density at radius 3 is 2.36 bits per heavy atom. The molecule has 0 saturated heterocycles. The van der Waals surface area contributed by atoms with Crippen molar-refractivity contribution >= 4 is 35.2 Å². The van der Waals surface area contributed by atoms with Gasteiger partial charge in [0.1, 0.15) is 17.9 Å². The molecule has 33 heavy (non-hydrogen) atoms. The van der Waals surface area contributed by atoms with Crippen molar-refractivity contribution in [3.63, 3.8) is 0 Å². The molecule has 0 heterocycles. The molecule has 3 N–H and O–H groups in total. The summed E-state index contributed by atoms with van der Waals surface area (Å²) in [6.07, 6.45) is 0.126. The maximum absolute atomic E-state index is 12.3. The first kappa shape index (κ1) is 26.0. The molecule has 3 amide bonds. The van der Waals surface area contributed by atoms with Crippen molar-refractivity contribution in [2.24, 2.45) is 0 Å². The maximum Gasteiger partial charge on any atom is 0.408 e. The standard InChI is InChI=1S/C24H30ClN3O5/c1-24(2,3)33-23(31)27-16-22(30)26-15-17-9-4-6-11-19(17)28-21(29)13-8-14-32-20-12-7-5-10-18(20)25/h4-7,9-12H,8,13-16H2,1-3H3,(H,26,30)(H,27,31)(H,28,29). The first-order valence-corrected chi connectivity index (χ1v) is 11.0. The number of rotatable bonds is 10. The fourth-order valence-electron chi connectivity index (χ4n) is 2.71. The van der Waals surface area contributed by atoms with Gasteiger partial charge in [0.25, 0.3) is 0 Å². The Morgan fingerprint density at radius 2 is 1.64 bits per heavy atom. The molecule has 0 atom stereocenters. The highest BCUT2D eigenvalue weighted by atomic mass is 35.5. The van der Waals surface area contributed by atoms with Gasteiger partial charge in [0.15, 0.2) is 0 Å². The average Bonchev–Trinajstić information content (AvgIpc) is 2.74. The molecular formula is C24H30ClN3O5. The topological polar surface area (TPSA) is 106 Å². The van der Waals surface area contributed by atoms with Crippen LogP contribution in [0.3, 0.4) is 0 Å². The molecular weight excluding hydrogens is 446 g/mol. The number of anilines is 1. The van der Waals surface area contributed by atoms with E-state index in [0.717, 1.165) is 5.56 Å². The van der Waals surface area contributed by atoms with Gasteiger partial charge >= 0.3 is 6.09 Å². The van der Waals surface area contributed by atoms with E-state index < -0.39 is 11.7 Å². The summed E-state index contributed by atoms with van der Waals surface area (Å²) in [7, 11) is 0. The van der Waals surface area contributed by atoms with Crippen LogP contribution in [0.2, 0.25) is 5.02 Å². The lowest BCUT2D eigenvalue weighted by Gasteiger charge is -2.19. The number of hydrogen-bond acceptors (Lipinski definition) is 5. The second-order valence-electron chi connectivity index (χ2n) is 8.22. The van der Waals surface area contributed by atoms with Gasteiger partial charge in [-0.05, 0) is 51.0 Å². The zero-order valence-corrected chi connectivity index (χ0v) is 19.8. The van der Waals surface area contributed by atoms with Crippen LogP contribution in [0.1, 0.15) is 39.2 Å². The Morgan fingerprint density at radius 1 is 0.939 bits per heavy atom. The van der Waals surface area contributed by atoms with E-state index in [2.05, 4.69) is 16.0 Å². The highest BCUT2D eigenvalue weighted by molar-refractivity contribution is 6.32. The minimum atomic E-state index is -0.663. The summed E-state index contributed by atoms with van der Waals surface area (Å²) in [5, 5.41) is 8.50. The van der Waals surface area contributed by atoms with Crippen LogP contribution in [0, 0.1) is 0 Å². The number of carbonyl (C=O) groups excluding carboxylic acids is 3. The van der Waals surface area contributed by atoms with E-state index in [4.69, 9.17) is 21.1 Å². The number of halogens is 1. The summed E-state index contributed by atoms with van der Waals surface area (Å²) >= 11 is 6.04. The van der Waals surface area contributed by atoms with Gasteiger partial charge in [-0.1, -0.05) is 41.9 Å². The van der Waals surface area contributed by atoms with Crippen molar-refractivity contribution in [2.75, 3.05) is 18.5 Å². The first-order chi connectivity index (χ1) is 15.6. The van der Waals surface area contributed by atoms with E-state index in [0.29, 0.717) is 29.5 Å². The fraction of sp³-hybridized carbons (Fsp3) is 0.375. The number of amides is 3. The molecule has 0 spiro atoms. The largest absolute Gasteiger partial charge is 0.492 e. The molecule has 0 saturated carbocycles. The first-order valence-electron chi connectivity index (χ1n) is 10.6. The summed E-state index contributed by atoms with van der Waals surface area (Å²) in [5.41, 5.74) is 0.706.